The zero-order chi connectivity index (χ0) is 22.6. The number of alkyl halides is 3. The first kappa shape index (κ1) is 22.5. The molecule has 0 saturated carbocycles. The van der Waals surface area contributed by atoms with E-state index in [1.54, 1.807) is 18.2 Å². The zero-order valence-electron chi connectivity index (χ0n) is 16.8. The Hall–Kier alpha value is -3.20. The van der Waals surface area contributed by atoms with Crippen LogP contribution in [0.15, 0.2) is 48.7 Å². The Morgan fingerprint density at radius 1 is 1.06 bits per heavy atom. The second-order valence-corrected chi connectivity index (χ2v) is 8.15. The number of carbonyl (C=O) groups is 2. The van der Waals surface area contributed by atoms with Crippen LogP contribution < -0.4 is 10.6 Å². The quantitative estimate of drug-likeness (QED) is 0.574. The van der Waals surface area contributed by atoms with Crippen molar-refractivity contribution in [3.05, 3.63) is 81.4 Å². The molecule has 0 saturated heterocycles. The second-order valence-electron chi connectivity index (χ2n) is 7.04. The topological polar surface area (TPSA) is 71.1 Å². The van der Waals surface area contributed by atoms with E-state index in [2.05, 4.69) is 15.6 Å². The normalized spacial score (nSPS) is 11.3. The first-order valence-corrected chi connectivity index (χ1v) is 10.2. The molecular formula is C22H20F3N3O2S. The van der Waals surface area contributed by atoms with Crippen LogP contribution >= 0.6 is 11.3 Å². The highest BCUT2D eigenvalue weighted by molar-refractivity contribution is 7.15. The largest absolute Gasteiger partial charge is 0.416 e. The summed E-state index contributed by atoms with van der Waals surface area (Å²) in [5, 5.41) is 5.45. The van der Waals surface area contributed by atoms with E-state index in [0.29, 0.717) is 21.1 Å². The maximum Gasteiger partial charge on any atom is 0.416 e. The van der Waals surface area contributed by atoms with Gasteiger partial charge in [-0.05, 0) is 48.7 Å². The third-order valence-electron chi connectivity index (χ3n) is 4.61. The van der Waals surface area contributed by atoms with Crippen molar-refractivity contribution in [1.29, 1.82) is 0 Å². The summed E-state index contributed by atoms with van der Waals surface area (Å²) >= 11 is 1.17. The van der Waals surface area contributed by atoms with E-state index in [9.17, 15) is 22.8 Å². The summed E-state index contributed by atoms with van der Waals surface area (Å²) in [4.78, 5) is 29.1. The van der Waals surface area contributed by atoms with Crippen molar-refractivity contribution < 1.29 is 22.8 Å². The summed E-state index contributed by atoms with van der Waals surface area (Å²) in [5.41, 5.74) is 2.31. The predicted molar refractivity (Wildman–Crippen MR) is 113 cm³/mol. The van der Waals surface area contributed by atoms with Crippen LogP contribution in [0.4, 0.5) is 18.3 Å². The summed E-state index contributed by atoms with van der Waals surface area (Å²) in [5.74, 6) is -0.806. The zero-order valence-corrected chi connectivity index (χ0v) is 17.7. The fraction of sp³-hybridized carbons (Fsp3) is 0.227. The Morgan fingerprint density at radius 2 is 1.84 bits per heavy atom. The number of anilines is 1. The number of hydrogen-bond donors (Lipinski definition) is 2. The molecule has 2 N–H and O–H groups in total. The van der Waals surface area contributed by atoms with Crippen molar-refractivity contribution in [3.63, 3.8) is 0 Å². The fourth-order valence-corrected chi connectivity index (χ4v) is 3.68. The molecule has 0 aliphatic heterocycles. The molecule has 0 radical (unpaired) electrons. The summed E-state index contributed by atoms with van der Waals surface area (Å²) in [6.07, 6.45) is -2.63. The molecule has 0 aliphatic rings. The number of amides is 2. The van der Waals surface area contributed by atoms with Crippen LogP contribution in [0, 0.1) is 13.8 Å². The Morgan fingerprint density at radius 3 is 2.55 bits per heavy atom. The molecule has 9 heteroatoms. The van der Waals surface area contributed by atoms with E-state index in [-0.39, 0.29) is 18.9 Å². The van der Waals surface area contributed by atoms with E-state index in [4.69, 9.17) is 0 Å². The van der Waals surface area contributed by atoms with Crippen LogP contribution in [0.2, 0.25) is 0 Å². The van der Waals surface area contributed by atoms with Crippen molar-refractivity contribution >= 4 is 28.3 Å². The van der Waals surface area contributed by atoms with Gasteiger partial charge >= 0.3 is 6.18 Å². The minimum Gasteiger partial charge on any atom is -0.343 e. The van der Waals surface area contributed by atoms with Crippen LogP contribution in [0.5, 0.6) is 0 Å². The van der Waals surface area contributed by atoms with Gasteiger partial charge in [-0.15, -0.1) is 11.3 Å². The smallest absolute Gasteiger partial charge is 0.343 e. The molecule has 162 valence electrons. The molecule has 2 aromatic carbocycles. The minimum atomic E-state index is -4.40. The minimum absolute atomic E-state index is 0.228. The standard InChI is InChI=1S/C22H20F3N3O2S/c1-13-6-7-16(8-14(13)2)20(30)26-12-19(29)28-21-27-11-18(31-21)10-15-4-3-5-17(9-15)22(23,24)25/h3-9,11H,10,12H2,1-2H3,(H,26,30)(H,27,28,29). The van der Waals surface area contributed by atoms with Gasteiger partial charge in [0.15, 0.2) is 5.13 Å². The van der Waals surface area contributed by atoms with E-state index in [1.165, 1.54) is 23.6 Å². The third kappa shape index (κ3) is 6.14. The number of thiazole rings is 1. The summed E-state index contributed by atoms with van der Waals surface area (Å²) in [6, 6.07) is 10.4. The molecule has 5 nitrogen and oxygen atoms in total. The van der Waals surface area contributed by atoms with Crippen LogP contribution in [0.1, 0.15) is 37.5 Å². The SMILES string of the molecule is Cc1ccc(C(=O)NCC(=O)Nc2ncc(Cc3cccc(C(F)(F)F)c3)s2)cc1C. The van der Waals surface area contributed by atoms with E-state index in [1.807, 2.05) is 19.9 Å². The van der Waals surface area contributed by atoms with Crippen molar-refractivity contribution in [2.45, 2.75) is 26.4 Å². The molecule has 2 amide bonds. The third-order valence-corrected chi connectivity index (χ3v) is 5.52. The van der Waals surface area contributed by atoms with Gasteiger partial charge in [0.25, 0.3) is 5.91 Å². The van der Waals surface area contributed by atoms with Crippen molar-refractivity contribution in [2.75, 3.05) is 11.9 Å². The maximum absolute atomic E-state index is 12.8. The Kier molecular flexibility index (Phi) is 6.74. The lowest BCUT2D eigenvalue weighted by Gasteiger charge is -2.08. The average Bonchev–Trinajstić information content (AvgIpc) is 3.14. The molecule has 0 unspecified atom stereocenters. The van der Waals surface area contributed by atoms with Crippen LogP contribution in [0.25, 0.3) is 0 Å². The number of rotatable bonds is 6. The van der Waals surface area contributed by atoms with Crippen LogP contribution in [-0.2, 0) is 17.4 Å². The van der Waals surface area contributed by atoms with Gasteiger partial charge in [0.05, 0.1) is 12.1 Å². The lowest BCUT2D eigenvalue weighted by Crippen LogP contribution is -2.32. The molecule has 0 aliphatic carbocycles. The summed E-state index contributed by atoms with van der Waals surface area (Å²) in [7, 11) is 0. The van der Waals surface area contributed by atoms with Gasteiger partial charge in [0.1, 0.15) is 0 Å². The summed E-state index contributed by atoms with van der Waals surface area (Å²) in [6.45, 7) is 3.62. The number of halogens is 3. The van der Waals surface area contributed by atoms with Crippen LogP contribution in [-0.4, -0.2) is 23.3 Å². The number of aryl methyl sites for hydroxylation is 2. The molecule has 31 heavy (non-hydrogen) atoms. The monoisotopic (exact) mass is 447 g/mol. The Labute approximate surface area is 181 Å². The van der Waals surface area contributed by atoms with E-state index < -0.39 is 17.6 Å². The lowest BCUT2D eigenvalue weighted by molar-refractivity contribution is -0.137. The second kappa shape index (κ2) is 9.30. The van der Waals surface area contributed by atoms with Gasteiger partial charge in [-0.25, -0.2) is 4.98 Å². The van der Waals surface area contributed by atoms with Gasteiger partial charge in [-0.1, -0.05) is 24.3 Å². The lowest BCUT2D eigenvalue weighted by atomic mass is 10.1. The summed E-state index contributed by atoms with van der Waals surface area (Å²) < 4.78 is 38.5. The molecular weight excluding hydrogens is 427 g/mol. The molecule has 3 aromatic rings. The average molecular weight is 447 g/mol. The number of nitrogens with one attached hydrogen (secondary N) is 2. The van der Waals surface area contributed by atoms with Crippen LogP contribution in [0.3, 0.4) is 0 Å². The maximum atomic E-state index is 12.8. The molecule has 1 heterocycles. The first-order valence-electron chi connectivity index (χ1n) is 9.38. The first-order chi connectivity index (χ1) is 14.6. The highest BCUT2D eigenvalue weighted by Crippen LogP contribution is 2.30. The molecule has 1 aromatic heterocycles. The van der Waals surface area contributed by atoms with Gasteiger partial charge in [-0.3, -0.25) is 9.59 Å². The molecule has 0 atom stereocenters. The van der Waals surface area contributed by atoms with Crippen molar-refractivity contribution in [3.8, 4) is 0 Å². The fourth-order valence-electron chi connectivity index (χ4n) is 2.81. The van der Waals surface area contributed by atoms with Gasteiger partial charge in [-0.2, -0.15) is 13.2 Å². The number of nitrogens with zero attached hydrogens (tertiary/aromatic N) is 1. The van der Waals surface area contributed by atoms with E-state index >= 15 is 0 Å². The van der Waals surface area contributed by atoms with Crippen molar-refractivity contribution in [1.82, 2.24) is 10.3 Å². The van der Waals surface area contributed by atoms with Gasteiger partial charge in [0, 0.05) is 23.1 Å². The van der Waals surface area contributed by atoms with Gasteiger partial charge < -0.3 is 10.6 Å². The van der Waals surface area contributed by atoms with Gasteiger partial charge in [0.2, 0.25) is 5.91 Å². The molecule has 0 bridgehead atoms. The number of aromatic nitrogens is 1. The Bertz CT molecular complexity index is 1110. The number of hydrogen-bond acceptors (Lipinski definition) is 4. The highest BCUT2D eigenvalue weighted by atomic mass is 32.1. The number of benzene rings is 2. The Balaban J connectivity index is 1.54. The van der Waals surface area contributed by atoms with E-state index in [0.717, 1.165) is 23.3 Å². The number of carbonyl (C=O) groups excluding carboxylic acids is 2. The molecule has 0 spiro atoms. The molecule has 3 rings (SSSR count). The molecule has 0 fully saturated rings. The predicted octanol–water partition coefficient (Wildman–Crippen LogP) is 4.74. The van der Waals surface area contributed by atoms with Crippen molar-refractivity contribution in [2.24, 2.45) is 0 Å². The highest BCUT2D eigenvalue weighted by Gasteiger charge is 2.30.